The molecule has 1 unspecified atom stereocenters. The number of carbonyl (C=O) groups is 1. The SMILES string of the molecule is CN(Cc1nccn1C(F)F)CC1CN(c2ccccc2)C(=O)O1. The second-order valence-electron chi connectivity index (χ2n) is 5.68. The standard InChI is InChI=1S/C16H18F2N4O2/c1-20(11-14-19-7-8-21(14)15(17)18)9-13-10-22(16(23)24-13)12-5-3-2-4-6-12/h2-8,13,15H,9-11H2,1H3. The molecule has 1 atom stereocenters. The Hall–Kier alpha value is -2.48. The van der Waals surface area contributed by atoms with Crippen LogP contribution >= 0.6 is 0 Å². The van der Waals surface area contributed by atoms with Crippen molar-refractivity contribution in [2.45, 2.75) is 19.2 Å². The van der Waals surface area contributed by atoms with Crippen molar-refractivity contribution in [2.75, 3.05) is 25.0 Å². The molecule has 0 radical (unpaired) electrons. The number of hydrogen-bond acceptors (Lipinski definition) is 4. The van der Waals surface area contributed by atoms with Gasteiger partial charge in [-0.25, -0.2) is 9.78 Å². The number of alkyl halides is 2. The number of amides is 1. The Morgan fingerprint density at radius 3 is 2.83 bits per heavy atom. The molecule has 0 aliphatic carbocycles. The molecule has 6 nitrogen and oxygen atoms in total. The first-order valence-electron chi connectivity index (χ1n) is 7.56. The number of imidazole rings is 1. The zero-order valence-corrected chi connectivity index (χ0v) is 13.2. The molecule has 1 aromatic heterocycles. The van der Waals surface area contributed by atoms with Crippen molar-refractivity contribution < 1.29 is 18.3 Å². The van der Waals surface area contributed by atoms with E-state index in [4.69, 9.17) is 4.74 Å². The van der Waals surface area contributed by atoms with E-state index in [0.717, 1.165) is 10.3 Å². The highest BCUT2D eigenvalue weighted by Crippen LogP contribution is 2.22. The van der Waals surface area contributed by atoms with Gasteiger partial charge in [-0.2, -0.15) is 8.78 Å². The molecule has 1 fully saturated rings. The highest BCUT2D eigenvalue weighted by atomic mass is 19.3. The molecule has 0 spiro atoms. The van der Waals surface area contributed by atoms with E-state index < -0.39 is 12.6 Å². The van der Waals surface area contributed by atoms with Crippen LogP contribution in [0.3, 0.4) is 0 Å². The van der Waals surface area contributed by atoms with Crippen LogP contribution in [0.5, 0.6) is 0 Å². The Labute approximate surface area is 138 Å². The molecule has 128 valence electrons. The number of para-hydroxylation sites is 1. The van der Waals surface area contributed by atoms with Gasteiger partial charge in [0, 0.05) is 24.6 Å². The average Bonchev–Trinajstić information content (AvgIpc) is 3.14. The van der Waals surface area contributed by atoms with Crippen LogP contribution in [-0.2, 0) is 11.3 Å². The van der Waals surface area contributed by atoms with Crippen LogP contribution in [0.4, 0.5) is 19.3 Å². The summed E-state index contributed by atoms with van der Waals surface area (Å²) in [7, 11) is 1.78. The predicted octanol–water partition coefficient (Wildman–Crippen LogP) is 2.74. The third-order valence-corrected chi connectivity index (χ3v) is 3.83. The number of benzene rings is 1. The van der Waals surface area contributed by atoms with Crippen LogP contribution in [0, 0.1) is 0 Å². The summed E-state index contributed by atoms with van der Waals surface area (Å²) < 4.78 is 31.9. The quantitative estimate of drug-likeness (QED) is 0.814. The van der Waals surface area contributed by atoms with E-state index in [1.807, 2.05) is 35.2 Å². The molecule has 24 heavy (non-hydrogen) atoms. The van der Waals surface area contributed by atoms with Crippen molar-refractivity contribution in [3.05, 3.63) is 48.5 Å². The normalized spacial score (nSPS) is 17.8. The topological polar surface area (TPSA) is 50.6 Å². The first kappa shape index (κ1) is 16.4. The summed E-state index contributed by atoms with van der Waals surface area (Å²) in [5, 5.41) is 0. The van der Waals surface area contributed by atoms with Crippen molar-refractivity contribution in [1.82, 2.24) is 14.5 Å². The van der Waals surface area contributed by atoms with E-state index in [-0.39, 0.29) is 18.5 Å². The number of hydrogen-bond donors (Lipinski definition) is 0. The van der Waals surface area contributed by atoms with E-state index in [9.17, 15) is 13.6 Å². The fourth-order valence-corrected chi connectivity index (χ4v) is 2.73. The van der Waals surface area contributed by atoms with E-state index in [0.29, 0.717) is 13.1 Å². The zero-order chi connectivity index (χ0) is 17.1. The number of aromatic nitrogens is 2. The molecule has 1 saturated heterocycles. The summed E-state index contributed by atoms with van der Waals surface area (Å²) in [6.45, 7) is -1.51. The minimum absolute atomic E-state index is 0.247. The highest BCUT2D eigenvalue weighted by Gasteiger charge is 2.33. The molecule has 1 aliphatic heterocycles. The Morgan fingerprint density at radius 2 is 2.12 bits per heavy atom. The van der Waals surface area contributed by atoms with Gasteiger partial charge in [-0.05, 0) is 19.2 Å². The van der Waals surface area contributed by atoms with Crippen LogP contribution in [0.2, 0.25) is 0 Å². The lowest BCUT2D eigenvalue weighted by Crippen LogP contribution is -2.32. The summed E-state index contributed by atoms with van der Waals surface area (Å²) in [6.07, 6.45) is 1.88. The number of ether oxygens (including phenoxy) is 1. The second kappa shape index (κ2) is 6.96. The van der Waals surface area contributed by atoms with Crippen LogP contribution < -0.4 is 4.90 Å². The van der Waals surface area contributed by atoms with Gasteiger partial charge in [-0.15, -0.1) is 0 Å². The van der Waals surface area contributed by atoms with E-state index >= 15 is 0 Å². The van der Waals surface area contributed by atoms with Crippen LogP contribution in [0.1, 0.15) is 12.4 Å². The number of nitrogens with zero attached hydrogens (tertiary/aromatic N) is 4. The van der Waals surface area contributed by atoms with Gasteiger partial charge < -0.3 is 4.74 Å². The molecular weight excluding hydrogens is 318 g/mol. The number of carbonyl (C=O) groups excluding carboxylic acids is 1. The molecule has 8 heteroatoms. The van der Waals surface area contributed by atoms with Crippen LogP contribution in [0.15, 0.2) is 42.7 Å². The van der Waals surface area contributed by atoms with Crippen molar-refractivity contribution in [3.63, 3.8) is 0 Å². The van der Waals surface area contributed by atoms with Crippen molar-refractivity contribution in [3.8, 4) is 0 Å². The van der Waals surface area contributed by atoms with Gasteiger partial charge in [0.05, 0.1) is 13.1 Å². The molecule has 0 N–H and O–H groups in total. The summed E-state index contributed by atoms with van der Waals surface area (Å²) >= 11 is 0. The first-order valence-corrected chi connectivity index (χ1v) is 7.56. The lowest BCUT2D eigenvalue weighted by atomic mass is 10.2. The molecule has 1 aliphatic rings. The molecule has 0 saturated carbocycles. The largest absolute Gasteiger partial charge is 0.443 e. The lowest BCUT2D eigenvalue weighted by molar-refractivity contribution is 0.0630. The molecule has 2 aromatic rings. The Bertz CT molecular complexity index is 692. The van der Waals surface area contributed by atoms with Gasteiger partial charge in [-0.3, -0.25) is 14.4 Å². The third kappa shape index (κ3) is 3.53. The fraction of sp³-hybridized carbons (Fsp3) is 0.375. The monoisotopic (exact) mass is 336 g/mol. The second-order valence-corrected chi connectivity index (χ2v) is 5.68. The van der Waals surface area contributed by atoms with E-state index in [1.54, 1.807) is 11.9 Å². The lowest BCUT2D eigenvalue weighted by Gasteiger charge is -2.20. The zero-order valence-electron chi connectivity index (χ0n) is 13.2. The Morgan fingerprint density at radius 1 is 1.38 bits per heavy atom. The number of likely N-dealkylation sites (N-methyl/N-ethyl adjacent to an activating group) is 1. The highest BCUT2D eigenvalue weighted by molar-refractivity contribution is 5.89. The predicted molar refractivity (Wildman–Crippen MR) is 83.9 cm³/mol. The van der Waals surface area contributed by atoms with Crippen molar-refractivity contribution in [1.29, 1.82) is 0 Å². The minimum Gasteiger partial charge on any atom is -0.443 e. The minimum atomic E-state index is -2.62. The maximum Gasteiger partial charge on any atom is 0.414 e. The van der Waals surface area contributed by atoms with Gasteiger partial charge in [0.25, 0.3) is 0 Å². The first-order chi connectivity index (χ1) is 11.5. The summed E-state index contributed by atoms with van der Waals surface area (Å²) in [4.78, 5) is 19.3. The van der Waals surface area contributed by atoms with Crippen molar-refractivity contribution >= 4 is 11.8 Å². The number of anilines is 1. The van der Waals surface area contributed by atoms with Gasteiger partial charge in [-0.1, -0.05) is 18.2 Å². The third-order valence-electron chi connectivity index (χ3n) is 3.83. The molecule has 2 heterocycles. The van der Waals surface area contributed by atoms with E-state index in [2.05, 4.69) is 4.98 Å². The maximum absolute atomic E-state index is 12.8. The molecule has 3 rings (SSSR count). The summed E-state index contributed by atoms with van der Waals surface area (Å²) in [5.41, 5.74) is 0.779. The van der Waals surface area contributed by atoms with Gasteiger partial charge in [0.15, 0.2) is 0 Å². The van der Waals surface area contributed by atoms with Crippen molar-refractivity contribution in [2.24, 2.45) is 0 Å². The van der Waals surface area contributed by atoms with Crippen LogP contribution in [-0.4, -0.2) is 46.8 Å². The molecule has 1 aromatic carbocycles. The number of cyclic esters (lactones) is 1. The van der Waals surface area contributed by atoms with Gasteiger partial charge in [0.1, 0.15) is 11.9 Å². The Balaban J connectivity index is 1.58. The molecular formula is C16H18F2N4O2. The summed E-state index contributed by atoms with van der Waals surface area (Å²) in [5.74, 6) is 0.275. The molecule has 1 amide bonds. The number of rotatable bonds is 6. The number of halogens is 2. The van der Waals surface area contributed by atoms with Gasteiger partial charge >= 0.3 is 12.6 Å². The smallest absolute Gasteiger partial charge is 0.414 e. The van der Waals surface area contributed by atoms with Crippen LogP contribution in [0.25, 0.3) is 0 Å². The summed E-state index contributed by atoms with van der Waals surface area (Å²) in [6, 6.07) is 9.26. The maximum atomic E-state index is 12.8. The van der Waals surface area contributed by atoms with E-state index in [1.165, 1.54) is 12.4 Å². The Kier molecular flexibility index (Phi) is 4.75. The molecule has 0 bridgehead atoms. The fourth-order valence-electron chi connectivity index (χ4n) is 2.73. The average molecular weight is 336 g/mol. The van der Waals surface area contributed by atoms with Gasteiger partial charge in [0.2, 0.25) is 0 Å².